The van der Waals surface area contributed by atoms with Gasteiger partial charge in [0.1, 0.15) is 0 Å². The third kappa shape index (κ3) is 3.27. The van der Waals surface area contributed by atoms with Crippen LogP contribution >= 0.6 is 11.3 Å². The Morgan fingerprint density at radius 1 is 1.09 bits per heavy atom. The number of hydrogen-bond donors (Lipinski definition) is 1. The van der Waals surface area contributed by atoms with E-state index in [2.05, 4.69) is 5.32 Å². The van der Waals surface area contributed by atoms with Crippen LogP contribution in [-0.2, 0) is 19.1 Å². The standard InChI is InChI=1S/C17H15NO4S/c1-17(2)21-15(19)13(16(20)22-17)9-18-14-6-4-3-5-12(14)11-7-8-23-10-11/h3-10,18H,1-2H3. The average Bonchev–Trinajstić information content (AvgIpc) is 2.99. The molecule has 0 radical (unpaired) electrons. The number of rotatable bonds is 3. The molecule has 5 nitrogen and oxygen atoms in total. The van der Waals surface area contributed by atoms with Crippen molar-refractivity contribution in [1.82, 2.24) is 0 Å². The number of esters is 2. The van der Waals surface area contributed by atoms with Gasteiger partial charge in [-0.05, 0) is 28.5 Å². The van der Waals surface area contributed by atoms with Gasteiger partial charge in [-0.15, -0.1) is 0 Å². The van der Waals surface area contributed by atoms with Crippen molar-refractivity contribution in [2.24, 2.45) is 0 Å². The minimum atomic E-state index is -1.24. The van der Waals surface area contributed by atoms with Crippen LogP contribution in [-0.4, -0.2) is 17.7 Å². The molecule has 0 amide bonds. The molecule has 1 aromatic carbocycles. The fourth-order valence-electron chi connectivity index (χ4n) is 2.21. The fourth-order valence-corrected chi connectivity index (χ4v) is 2.86. The summed E-state index contributed by atoms with van der Waals surface area (Å²) in [6.07, 6.45) is 1.32. The summed E-state index contributed by atoms with van der Waals surface area (Å²) in [5, 5.41) is 7.02. The number of thiophene rings is 1. The molecule has 1 aromatic heterocycles. The second-order valence-corrected chi connectivity index (χ2v) is 6.22. The number of cyclic esters (lactones) is 2. The van der Waals surface area contributed by atoms with Crippen LogP contribution in [0.25, 0.3) is 11.1 Å². The van der Waals surface area contributed by atoms with E-state index < -0.39 is 17.7 Å². The average molecular weight is 329 g/mol. The molecule has 3 rings (SSSR count). The van der Waals surface area contributed by atoms with Crippen LogP contribution in [0.2, 0.25) is 0 Å². The highest BCUT2D eigenvalue weighted by atomic mass is 32.1. The monoisotopic (exact) mass is 329 g/mol. The summed E-state index contributed by atoms with van der Waals surface area (Å²) in [6.45, 7) is 3.03. The van der Waals surface area contributed by atoms with Gasteiger partial charge in [-0.2, -0.15) is 11.3 Å². The zero-order valence-corrected chi connectivity index (χ0v) is 13.5. The molecular formula is C17H15NO4S. The largest absolute Gasteiger partial charge is 0.419 e. The van der Waals surface area contributed by atoms with Gasteiger partial charge in [0.05, 0.1) is 0 Å². The van der Waals surface area contributed by atoms with Crippen molar-refractivity contribution in [3.8, 4) is 11.1 Å². The van der Waals surface area contributed by atoms with Crippen molar-refractivity contribution in [1.29, 1.82) is 0 Å². The lowest BCUT2D eigenvalue weighted by molar-refractivity contribution is -0.222. The topological polar surface area (TPSA) is 64.6 Å². The minimum Gasteiger partial charge on any atom is -0.419 e. The highest BCUT2D eigenvalue weighted by Crippen LogP contribution is 2.30. The lowest BCUT2D eigenvalue weighted by Crippen LogP contribution is -2.42. The maximum Gasteiger partial charge on any atom is 0.350 e. The van der Waals surface area contributed by atoms with E-state index in [0.29, 0.717) is 0 Å². The summed E-state index contributed by atoms with van der Waals surface area (Å²) in [5.74, 6) is -2.64. The molecule has 2 heterocycles. The van der Waals surface area contributed by atoms with E-state index in [1.165, 1.54) is 20.0 Å². The van der Waals surface area contributed by atoms with Crippen molar-refractivity contribution >= 4 is 29.0 Å². The molecule has 0 unspecified atom stereocenters. The van der Waals surface area contributed by atoms with Crippen LogP contribution in [0, 0.1) is 0 Å². The second kappa shape index (κ2) is 5.89. The van der Waals surface area contributed by atoms with Gasteiger partial charge < -0.3 is 14.8 Å². The first-order chi connectivity index (χ1) is 11.0. The Balaban J connectivity index is 1.86. The van der Waals surface area contributed by atoms with E-state index in [1.54, 1.807) is 11.3 Å². The van der Waals surface area contributed by atoms with E-state index in [1.807, 2.05) is 41.1 Å². The third-order valence-electron chi connectivity index (χ3n) is 3.25. The lowest BCUT2D eigenvalue weighted by Gasteiger charge is -2.29. The van der Waals surface area contributed by atoms with Gasteiger partial charge in [0, 0.05) is 31.3 Å². The number of carbonyl (C=O) groups is 2. The molecule has 1 aliphatic rings. The number of hydrogen-bond acceptors (Lipinski definition) is 6. The van der Waals surface area contributed by atoms with Crippen molar-refractivity contribution < 1.29 is 19.1 Å². The zero-order chi connectivity index (χ0) is 16.4. The summed E-state index contributed by atoms with van der Waals surface area (Å²) in [6, 6.07) is 9.63. The van der Waals surface area contributed by atoms with Gasteiger partial charge in [-0.3, -0.25) is 0 Å². The van der Waals surface area contributed by atoms with Gasteiger partial charge in [-0.25, -0.2) is 9.59 Å². The molecule has 1 saturated heterocycles. The number of anilines is 1. The number of carbonyl (C=O) groups excluding carboxylic acids is 2. The summed E-state index contributed by atoms with van der Waals surface area (Å²) in [4.78, 5) is 23.9. The van der Waals surface area contributed by atoms with Crippen molar-refractivity contribution in [2.75, 3.05) is 5.32 Å². The summed E-state index contributed by atoms with van der Waals surface area (Å²) < 4.78 is 10.1. The predicted molar refractivity (Wildman–Crippen MR) is 87.7 cm³/mol. The van der Waals surface area contributed by atoms with Gasteiger partial charge in [0.2, 0.25) is 0 Å². The van der Waals surface area contributed by atoms with E-state index >= 15 is 0 Å². The maximum atomic E-state index is 11.9. The number of para-hydroxylation sites is 1. The third-order valence-corrected chi connectivity index (χ3v) is 3.93. The van der Waals surface area contributed by atoms with Crippen LogP contribution in [0.5, 0.6) is 0 Å². The van der Waals surface area contributed by atoms with Crippen molar-refractivity contribution in [3.05, 3.63) is 52.9 Å². The fraction of sp³-hybridized carbons (Fsp3) is 0.176. The molecular weight excluding hydrogens is 314 g/mol. The van der Waals surface area contributed by atoms with Gasteiger partial charge in [-0.1, -0.05) is 18.2 Å². The summed E-state index contributed by atoms with van der Waals surface area (Å²) in [5.41, 5.74) is 2.66. The Morgan fingerprint density at radius 2 is 1.78 bits per heavy atom. The first-order valence-electron chi connectivity index (χ1n) is 7.01. The van der Waals surface area contributed by atoms with Crippen molar-refractivity contribution in [3.63, 3.8) is 0 Å². The number of ether oxygens (including phenoxy) is 2. The quantitative estimate of drug-likeness (QED) is 0.530. The van der Waals surface area contributed by atoms with Crippen LogP contribution in [0.3, 0.4) is 0 Å². The van der Waals surface area contributed by atoms with Crippen LogP contribution in [0.4, 0.5) is 5.69 Å². The molecule has 0 spiro atoms. The smallest absolute Gasteiger partial charge is 0.350 e. The van der Waals surface area contributed by atoms with E-state index in [4.69, 9.17) is 9.47 Å². The first kappa shape index (κ1) is 15.3. The van der Waals surface area contributed by atoms with E-state index in [0.717, 1.165) is 16.8 Å². The summed E-state index contributed by atoms with van der Waals surface area (Å²) in [7, 11) is 0. The highest BCUT2D eigenvalue weighted by molar-refractivity contribution is 7.08. The normalized spacial score (nSPS) is 16.5. The molecule has 6 heteroatoms. The first-order valence-corrected chi connectivity index (χ1v) is 7.95. The number of nitrogens with one attached hydrogen (secondary N) is 1. The predicted octanol–water partition coefficient (Wildman–Crippen LogP) is 3.55. The lowest BCUT2D eigenvalue weighted by atomic mass is 10.1. The molecule has 0 saturated carbocycles. The van der Waals surface area contributed by atoms with Gasteiger partial charge in [0.15, 0.2) is 5.57 Å². The molecule has 1 aliphatic heterocycles. The van der Waals surface area contributed by atoms with E-state index in [9.17, 15) is 9.59 Å². The molecule has 118 valence electrons. The Kier molecular flexibility index (Phi) is 3.92. The Bertz CT molecular complexity index is 756. The molecule has 0 bridgehead atoms. The molecule has 1 N–H and O–H groups in total. The Labute approximate surface area is 137 Å². The number of benzene rings is 1. The summed E-state index contributed by atoms with van der Waals surface area (Å²) >= 11 is 1.60. The van der Waals surface area contributed by atoms with Crippen molar-refractivity contribution in [2.45, 2.75) is 19.6 Å². The van der Waals surface area contributed by atoms with Crippen LogP contribution in [0.1, 0.15) is 13.8 Å². The highest BCUT2D eigenvalue weighted by Gasteiger charge is 2.38. The Hall–Kier alpha value is -2.60. The van der Waals surface area contributed by atoms with Gasteiger partial charge in [0.25, 0.3) is 5.79 Å². The van der Waals surface area contributed by atoms with Gasteiger partial charge >= 0.3 is 11.9 Å². The molecule has 0 aliphatic carbocycles. The molecule has 2 aromatic rings. The van der Waals surface area contributed by atoms with Crippen LogP contribution < -0.4 is 5.32 Å². The molecule has 0 atom stereocenters. The van der Waals surface area contributed by atoms with E-state index in [-0.39, 0.29) is 5.57 Å². The van der Waals surface area contributed by atoms with Crippen LogP contribution in [0.15, 0.2) is 52.9 Å². The maximum absolute atomic E-state index is 11.9. The second-order valence-electron chi connectivity index (χ2n) is 5.44. The molecule has 1 fully saturated rings. The molecule has 23 heavy (non-hydrogen) atoms. The zero-order valence-electron chi connectivity index (χ0n) is 12.7. The minimum absolute atomic E-state index is 0.163. The SMILES string of the molecule is CC1(C)OC(=O)C(=CNc2ccccc2-c2ccsc2)C(=O)O1. The Morgan fingerprint density at radius 3 is 2.43 bits per heavy atom.